The normalized spacial score (nSPS) is 26.5. The number of hydrogen-bond donors (Lipinski definition) is 1. The van der Waals surface area contributed by atoms with E-state index in [4.69, 9.17) is 0 Å². The molecular formula is C16H23N3O. The average molecular weight is 273 g/mol. The fourth-order valence-corrected chi connectivity index (χ4v) is 3.37. The van der Waals surface area contributed by atoms with Gasteiger partial charge in [-0.3, -0.25) is 4.79 Å². The molecule has 2 atom stereocenters. The van der Waals surface area contributed by atoms with Gasteiger partial charge in [0, 0.05) is 31.2 Å². The molecule has 0 spiro atoms. The van der Waals surface area contributed by atoms with Crippen molar-refractivity contribution in [3.05, 3.63) is 24.4 Å². The van der Waals surface area contributed by atoms with E-state index in [2.05, 4.69) is 15.2 Å². The molecule has 2 fully saturated rings. The molecule has 0 radical (unpaired) electrons. The number of pyridine rings is 1. The largest absolute Gasteiger partial charge is 0.367 e. The topological polar surface area (TPSA) is 45.2 Å². The van der Waals surface area contributed by atoms with E-state index in [-0.39, 0.29) is 5.92 Å². The van der Waals surface area contributed by atoms with Crippen molar-refractivity contribution in [3.8, 4) is 0 Å². The van der Waals surface area contributed by atoms with Crippen LogP contribution in [-0.2, 0) is 4.79 Å². The minimum Gasteiger partial charge on any atom is -0.367 e. The van der Waals surface area contributed by atoms with Gasteiger partial charge in [-0.2, -0.15) is 0 Å². The Hall–Kier alpha value is -1.58. The Morgan fingerprint density at radius 3 is 2.80 bits per heavy atom. The first-order valence-corrected chi connectivity index (χ1v) is 7.79. The van der Waals surface area contributed by atoms with Crippen molar-refractivity contribution in [2.24, 2.45) is 5.92 Å². The number of amides is 1. The molecule has 1 aliphatic carbocycles. The molecule has 1 aromatic heterocycles. The van der Waals surface area contributed by atoms with Gasteiger partial charge in [0.15, 0.2) is 0 Å². The molecule has 0 aromatic carbocycles. The molecule has 1 aromatic rings. The smallest absolute Gasteiger partial charge is 0.225 e. The molecular weight excluding hydrogens is 250 g/mol. The predicted octanol–water partition coefficient (Wildman–Crippen LogP) is 2.67. The van der Waals surface area contributed by atoms with Gasteiger partial charge >= 0.3 is 0 Å². The van der Waals surface area contributed by atoms with E-state index in [1.165, 1.54) is 19.3 Å². The number of carbonyl (C=O) groups is 1. The van der Waals surface area contributed by atoms with Crippen molar-refractivity contribution < 1.29 is 4.79 Å². The third kappa shape index (κ3) is 3.11. The molecule has 1 aliphatic heterocycles. The molecule has 1 amide bonds. The summed E-state index contributed by atoms with van der Waals surface area (Å²) >= 11 is 0. The number of anilines is 1. The number of likely N-dealkylation sites (tertiary alicyclic amines) is 1. The number of nitrogens with zero attached hydrogens (tertiary/aromatic N) is 2. The van der Waals surface area contributed by atoms with Gasteiger partial charge in [0.1, 0.15) is 5.82 Å². The van der Waals surface area contributed by atoms with Crippen LogP contribution in [-0.4, -0.2) is 34.9 Å². The number of piperidine rings is 1. The Labute approximate surface area is 120 Å². The number of rotatable bonds is 3. The molecule has 0 unspecified atom stereocenters. The second-order valence-electron chi connectivity index (χ2n) is 5.95. The Balaban J connectivity index is 1.52. The first-order chi connectivity index (χ1) is 9.83. The lowest BCUT2D eigenvalue weighted by Gasteiger charge is -2.29. The molecule has 108 valence electrons. The quantitative estimate of drug-likeness (QED) is 0.921. The third-order valence-electron chi connectivity index (χ3n) is 4.47. The van der Waals surface area contributed by atoms with E-state index >= 15 is 0 Å². The second kappa shape index (κ2) is 6.25. The first-order valence-electron chi connectivity index (χ1n) is 7.79. The van der Waals surface area contributed by atoms with Crippen molar-refractivity contribution in [2.75, 3.05) is 18.4 Å². The van der Waals surface area contributed by atoms with Gasteiger partial charge in [-0.15, -0.1) is 0 Å². The van der Waals surface area contributed by atoms with E-state index in [0.29, 0.717) is 11.9 Å². The number of carbonyl (C=O) groups excluding carboxylic acids is 1. The summed E-state index contributed by atoms with van der Waals surface area (Å²) in [5.41, 5.74) is 0. The van der Waals surface area contributed by atoms with E-state index in [1.807, 2.05) is 18.2 Å². The summed E-state index contributed by atoms with van der Waals surface area (Å²) in [6.07, 6.45) is 8.46. The number of aromatic nitrogens is 1. The molecule has 2 aliphatic rings. The van der Waals surface area contributed by atoms with Crippen LogP contribution >= 0.6 is 0 Å². The minimum atomic E-state index is 0.217. The Bertz CT molecular complexity index is 442. The highest BCUT2D eigenvalue weighted by molar-refractivity contribution is 5.79. The van der Waals surface area contributed by atoms with Gasteiger partial charge in [-0.1, -0.05) is 6.07 Å². The maximum atomic E-state index is 12.5. The van der Waals surface area contributed by atoms with Gasteiger partial charge in [0.25, 0.3) is 0 Å². The molecule has 1 N–H and O–H groups in total. The molecule has 2 heterocycles. The zero-order valence-electron chi connectivity index (χ0n) is 11.9. The first kappa shape index (κ1) is 13.4. The summed E-state index contributed by atoms with van der Waals surface area (Å²) in [6, 6.07) is 6.28. The van der Waals surface area contributed by atoms with E-state index in [1.54, 1.807) is 6.20 Å². The van der Waals surface area contributed by atoms with Crippen LogP contribution < -0.4 is 5.32 Å². The van der Waals surface area contributed by atoms with Gasteiger partial charge in [0.05, 0.1) is 0 Å². The van der Waals surface area contributed by atoms with Gasteiger partial charge in [0.2, 0.25) is 5.91 Å². The van der Waals surface area contributed by atoms with Crippen LogP contribution in [0.4, 0.5) is 5.82 Å². The average Bonchev–Trinajstić information content (AvgIpc) is 2.97. The van der Waals surface area contributed by atoms with Crippen LogP contribution in [0.5, 0.6) is 0 Å². The molecule has 4 heteroatoms. The zero-order valence-corrected chi connectivity index (χ0v) is 11.9. The molecule has 1 saturated carbocycles. The highest BCUT2D eigenvalue weighted by atomic mass is 16.2. The van der Waals surface area contributed by atoms with Crippen molar-refractivity contribution in [1.29, 1.82) is 0 Å². The second-order valence-corrected chi connectivity index (χ2v) is 5.95. The summed E-state index contributed by atoms with van der Waals surface area (Å²) in [5, 5.41) is 3.45. The lowest BCUT2D eigenvalue weighted by atomic mass is 10.0. The fourth-order valence-electron chi connectivity index (χ4n) is 3.37. The van der Waals surface area contributed by atoms with E-state index in [9.17, 15) is 4.79 Å². The lowest BCUT2D eigenvalue weighted by Crippen LogP contribution is -2.39. The van der Waals surface area contributed by atoms with Crippen LogP contribution in [0, 0.1) is 5.92 Å². The molecule has 20 heavy (non-hydrogen) atoms. The summed E-state index contributed by atoms with van der Waals surface area (Å²) in [7, 11) is 0. The fraction of sp³-hybridized carbons (Fsp3) is 0.625. The third-order valence-corrected chi connectivity index (χ3v) is 4.47. The monoisotopic (exact) mass is 273 g/mol. The van der Waals surface area contributed by atoms with Gasteiger partial charge in [-0.05, 0) is 50.7 Å². The van der Waals surface area contributed by atoms with Crippen LogP contribution in [0.25, 0.3) is 0 Å². The maximum Gasteiger partial charge on any atom is 0.225 e. The highest BCUT2D eigenvalue weighted by Gasteiger charge is 2.33. The predicted molar refractivity (Wildman–Crippen MR) is 79.4 cm³/mol. The van der Waals surface area contributed by atoms with Crippen molar-refractivity contribution in [2.45, 2.75) is 44.6 Å². The van der Waals surface area contributed by atoms with E-state index < -0.39 is 0 Å². The summed E-state index contributed by atoms with van der Waals surface area (Å²) in [4.78, 5) is 18.9. The van der Waals surface area contributed by atoms with E-state index in [0.717, 1.165) is 38.2 Å². The molecule has 3 rings (SSSR count). The Morgan fingerprint density at radius 1 is 1.20 bits per heavy atom. The molecule has 0 bridgehead atoms. The number of nitrogens with one attached hydrogen (secondary N) is 1. The maximum absolute atomic E-state index is 12.5. The summed E-state index contributed by atoms with van der Waals surface area (Å²) in [5.74, 6) is 1.52. The summed E-state index contributed by atoms with van der Waals surface area (Å²) < 4.78 is 0. The minimum absolute atomic E-state index is 0.217. The Kier molecular flexibility index (Phi) is 4.19. The summed E-state index contributed by atoms with van der Waals surface area (Å²) in [6.45, 7) is 1.93. The van der Waals surface area contributed by atoms with Crippen LogP contribution in [0.1, 0.15) is 38.5 Å². The lowest BCUT2D eigenvalue weighted by molar-refractivity contribution is -0.136. The molecule has 1 saturated heterocycles. The van der Waals surface area contributed by atoms with Crippen molar-refractivity contribution in [1.82, 2.24) is 9.88 Å². The highest BCUT2D eigenvalue weighted by Crippen LogP contribution is 2.30. The molecule has 4 nitrogen and oxygen atoms in total. The van der Waals surface area contributed by atoms with Crippen LogP contribution in [0.3, 0.4) is 0 Å². The van der Waals surface area contributed by atoms with Gasteiger partial charge in [-0.25, -0.2) is 4.98 Å². The van der Waals surface area contributed by atoms with Gasteiger partial charge < -0.3 is 10.2 Å². The SMILES string of the molecule is O=C([C@@H]1CC[C@H](Nc2ccccn2)C1)N1CCCCC1. The van der Waals surface area contributed by atoms with Crippen molar-refractivity contribution >= 4 is 11.7 Å². The van der Waals surface area contributed by atoms with Crippen LogP contribution in [0.15, 0.2) is 24.4 Å². The Morgan fingerprint density at radius 2 is 2.05 bits per heavy atom. The van der Waals surface area contributed by atoms with Crippen molar-refractivity contribution in [3.63, 3.8) is 0 Å². The standard InChI is InChI=1S/C16H23N3O/c20-16(19-10-4-1-5-11-19)13-7-8-14(12-13)18-15-6-2-3-9-17-15/h2-3,6,9,13-14H,1,4-5,7-8,10-12H2,(H,17,18)/t13-,14+/m1/s1. The zero-order chi connectivity index (χ0) is 13.8. The van der Waals surface area contributed by atoms with Crippen LogP contribution in [0.2, 0.25) is 0 Å². The number of hydrogen-bond acceptors (Lipinski definition) is 3.